The Balaban J connectivity index is 2.47. The van der Waals surface area contributed by atoms with Gasteiger partial charge in [0.15, 0.2) is 6.04 Å². The minimum atomic E-state index is -1.30. The number of pyridine rings is 1. The van der Waals surface area contributed by atoms with Crippen LogP contribution in [0, 0.1) is 6.92 Å². The summed E-state index contributed by atoms with van der Waals surface area (Å²) in [7, 11) is 0. The Morgan fingerprint density at radius 1 is 1.50 bits per heavy atom. The zero-order valence-electron chi connectivity index (χ0n) is 9.88. The molecule has 2 amide bonds. The molecule has 1 atom stereocenters. The maximum Gasteiger partial charge on any atom is 0.328 e. The van der Waals surface area contributed by atoms with E-state index >= 15 is 0 Å². The van der Waals surface area contributed by atoms with Crippen LogP contribution in [0.5, 0.6) is 0 Å². The topological polar surface area (TPSA) is 112 Å². The molecule has 0 aromatic carbocycles. The first kappa shape index (κ1) is 13.9. The molecule has 0 aliphatic heterocycles. The number of aliphatic hydroxyl groups is 1. The van der Waals surface area contributed by atoms with Crippen molar-refractivity contribution < 1.29 is 19.8 Å². The largest absolute Gasteiger partial charge is 0.480 e. The summed E-state index contributed by atoms with van der Waals surface area (Å²) in [6.07, 6.45) is 3.28. The van der Waals surface area contributed by atoms with Crippen LogP contribution in [-0.4, -0.2) is 39.8 Å². The lowest BCUT2D eigenvalue weighted by Crippen LogP contribution is -2.47. The van der Waals surface area contributed by atoms with Crippen LogP contribution in [0.2, 0.25) is 0 Å². The number of carboxylic acids is 1. The Morgan fingerprint density at radius 2 is 2.22 bits per heavy atom. The molecule has 1 heterocycles. The van der Waals surface area contributed by atoms with Crippen LogP contribution in [0.4, 0.5) is 4.79 Å². The number of nitrogens with zero attached hydrogens (tertiary/aromatic N) is 1. The van der Waals surface area contributed by atoms with Crippen LogP contribution in [-0.2, 0) is 11.3 Å². The van der Waals surface area contributed by atoms with E-state index in [2.05, 4.69) is 15.6 Å². The van der Waals surface area contributed by atoms with Crippen molar-refractivity contribution >= 4 is 12.0 Å². The lowest BCUT2D eigenvalue weighted by Gasteiger charge is -2.13. The second-order valence-corrected chi connectivity index (χ2v) is 3.70. The predicted molar refractivity (Wildman–Crippen MR) is 62.9 cm³/mol. The van der Waals surface area contributed by atoms with Crippen LogP contribution in [0.25, 0.3) is 0 Å². The predicted octanol–water partition coefficient (Wildman–Crippen LogP) is -0.365. The van der Waals surface area contributed by atoms with E-state index in [4.69, 9.17) is 10.2 Å². The van der Waals surface area contributed by atoms with Crippen molar-refractivity contribution in [1.82, 2.24) is 15.6 Å². The first-order chi connectivity index (χ1) is 8.54. The Bertz CT molecular complexity index is 436. The molecule has 4 N–H and O–H groups in total. The third kappa shape index (κ3) is 4.02. The second-order valence-electron chi connectivity index (χ2n) is 3.70. The molecule has 1 unspecified atom stereocenters. The Hall–Kier alpha value is -2.15. The van der Waals surface area contributed by atoms with Crippen molar-refractivity contribution in [1.29, 1.82) is 0 Å². The van der Waals surface area contributed by atoms with Crippen LogP contribution >= 0.6 is 0 Å². The highest BCUT2D eigenvalue weighted by molar-refractivity contribution is 5.82. The fourth-order valence-electron chi connectivity index (χ4n) is 1.27. The van der Waals surface area contributed by atoms with Gasteiger partial charge in [-0.1, -0.05) is 0 Å². The van der Waals surface area contributed by atoms with Gasteiger partial charge in [0.2, 0.25) is 0 Å². The summed E-state index contributed by atoms with van der Waals surface area (Å²) in [5, 5.41) is 22.0. The first-order valence-corrected chi connectivity index (χ1v) is 5.32. The van der Waals surface area contributed by atoms with Gasteiger partial charge >= 0.3 is 12.0 Å². The molecule has 1 rings (SSSR count). The van der Waals surface area contributed by atoms with Crippen molar-refractivity contribution in [2.45, 2.75) is 19.5 Å². The van der Waals surface area contributed by atoms with Crippen LogP contribution in [0.3, 0.4) is 0 Å². The standard InChI is InChI=1S/C11H15N3O4/c1-7-4-12-3-2-8(7)5-13-11(18)14-9(6-15)10(16)17/h2-4,9,15H,5-6H2,1H3,(H,16,17)(H2,13,14,18). The van der Waals surface area contributed by atoms with Gasteiger partial charge in [0, 0.05) is 18.9 Å². The van der Waals surface area contributed by atoms with E-state index < -0.39 is 24.6 Å². The zero-order valence-corrected chi connectivity index (χ0v) is 9.88. The Labute approximate surface area is 104 Å². The Morgan fingerprint density at radius 3 is 2.78 bits per heavy atom. The molecule has 98 valence electrons. The molecule has 0 saturated heterocycles. The normalized spacial score (nSPS) is 11.7. The summed E-state index contributed by atoms with van der Waals surface area (Å²) in [5.41, 5.74) is 1.81. The van der Waals surface area contributed by atoms with Gasteiger partial charge in [-0.15, -0.1) is 0 Å². The van der Waals surface area contributed by atoms with E-state index in [-0.39, 0.29) is 6.54 Å². The minimum Gasteiger partial charge on any atom is -0.480 e. The van der Waals surface area contributed by atoms with Gasteiger partial charge in [-0.05, 0) is 24.1 Å². The lowest BCUT2D eigenvalue weighted by molar-refractivity contribution is -0.140. The number of rotatable bonds is 5. The van der Waals surface area contributed by atoms with Gasteiger partial charge in [-0.3, -0.25) is 4.98 Å². The van der Waals surface area contributed by atoms with Crippen LogP contribution < -0.4 is 10.6 Å². The molecular weight excluding hydrogens is 238 g/mol. The highest BCUT2D eigenvalue weighted by Crippen LogP contribution is 2.03. The van der Waals surface area contributed by atoms with Gasteiger partial charge in [0.25, 0.3) is 0 Å². The van der Waals surface area contributed by atoms with Crippen molar-refractivity contribution in [3.05, 3.63) is 29.6 Å². The molecule has 7 heteroatoms. The zero-order chi connectivity index (χ0) is 13.5. The first-order valence-electron chi connectivity index (χ1n) is 5.32. The SMILES string of the molecule is Cc1cnccc1CNC(=O)NC(CO)C(=O)O. The molecule has 1 aromatic rings. The third-order valence-corrected chi connectivity index (χ3v) is 2.36. The summed E-state index contributed by atoms with van der Waals surface area (Å²) < 4.78 is 0. The number of aliphatic carboxylic acids is 1. The number of carbonyl (C=O) groups is 2. The fraction of sp³-hybridized carbons (Fsp3) is 0.364. The number of aliphatic hydroxyl groups excluding tert-OH is 1. The molecule has 0 bridgehead atoms. The van der Waals surface area contributed by atoms with Crippen molar-refractivity contribution in [2.24, 2.45) is 0 Å². The summed E-state index contributed by atoms with van der Waals surface area (Å²) in [5.74, 6) is -1.28. The minimum absolute atomic E-state index is 0.262. The highest BCUT2D eigenvalue weighted by Gasteiger charge is 2.18. The number of hydrogen-bond donors (Lipinski definition) is 4. The molecule has 1 aromatic heterocycles. The van der Waals surface area contributed by atoms with E-state index in [1.807, 2.05) is 6.92 Å². The fourth-order valence-corrected chi connectivity index (χ4v) is 1.27. The molecule has 0 fully saturated rings. The number of urea groups is 1. The van der Waals surface area contributed by atoms with Gasteiger partial charge in [0.05, 0.1) is 6.61 Å². The number of aryl methyl sites for hydroxylation is 1. The van der Waals surface area contributed by atoms with Gasteiger partial charge < -0.3 is 20.8 Å². The summed E-state index contributed by atoms with van der Waals surface area (Å²) in [4.78, 5) is 25.9. The summed E-state index contributed by atoms with van der Waals surface area (Å²) in [6.45, 7) is 1.46. The molecule has 0 aliphatic rings. The quantitative estimate of drug-likeness (QED) is 0.572. The Kier molecular flexibility index (Phi) is 5.06. The summed E-state index contributed by atoms with van der Waals surface area (Å²) >= 11 is 0. The third-order valence-electron chi connectivity index (χ3n) is 2.36. The number of nitrogens with one attached hydrogen (secondary N) is 2. The van der Waals surface area contributed by atoms with Crippen molar-refractivity contribution in [3.63, 3.8) is 0 Å². The van der Waals surface area contributed by atoms with E-state index in [1.165, 1.54) is 0 Å². The van der Waals surface area contributed by atoms with Crippen molar-refractivity contribution in [2.75, 3.05) is 6.61 Å². The average Bonchev–Trinajstić information content (AvgIpc) is 2.34. The molecule has 7 nitrogen and oxygen atoms in total. The lowest BCUT2D eigenvalue weighted by atomic mass is 10.1. The van der Waals surface area contributed by atoms with E-state index in [0.717, 1.165) is 11.1 Å². The number of carbonyl (C=O) groups excluding carboxylic acids is 1. The maximum atomic E-state index is 11.4. The molecule has 0 saturated carbocycles. The monoisotopic (exact) mass is 253 g/mol. The van der Waals surface area contributed by atoms with E-state index in [9.17, 15) is 9.59 Å². The van der Waals surface area contributed by atoms with E-state index in [1.54, 1.807) is 18.5 Å². The highest BCUT2D eigenvalue weighted by atomic mass is 16.4. The van der Waals surface area contributed by atoms with Crippen LogP contribution in [0.1, 0.15) is 11.1 Å². The van der Waals surface area contributed by atoms with Crippen molar-refractivity contribution in [3.8, 4) is 0 Å². The summed E-state index contributed by atoms with van der Waals surface area (Å²) in [6, 6.07) is -0.188. The van der Waals surface area contributed by atoms with E-state index in [0.29, 0.717) is 0 Å². The average molecular weight is 253 g/mol. The second kappa shape index (κ2) is 6.55. The molecule has 0 radical (unpaired) electrons. The number of hydrogen-bond acceptors (Lipinski definition) is 4. The molecular formula is C11H15N3O4. The van der Waals surface area contributed by atoms with Crippen LogP contribution in [0.15, 0.2) is 18.5 Å². The molecule has 0 spiro atoms. The smallest absolute Gasteiger partial charge is 0.328 e. The molecule has 18 heavy (non-hydrogen) atoms. The van der Waals surface area contributed by atoms with Gasteiger partial charge in [-0.2, -0.15) is 0 Å². The van der Waals surface area contributed by atoms with Gasteiger partial charge in [0.1, 0.15) is 0 Å². The molecule has 0 aliphatic carbocycles. The number of amides is 2. The number of aromatic nitrogens is 1. The number of carboxylic acid groups (broad SMARTS) is 1. The van der Waals surface area contributed by atoms with Gasteiger partial charge in [-0.25, -0.2) is 9.59 Å². The maximum absolute atomic E-state index is 11.4.